The molecule has 0 aromatic rings. The van der Waals surface area contributed by atoms with Gasteiger partial charge in [-0.3, -0.25) is 4.79 Å². The summed E-state index contributed by atoms with van der Waals surface area (Å²) in [5.74, 6) is -0.121. The van der Waals surface area contributed by atoms with Gasteiger partial charge in [-0.05, 0) is 13.3 Å². The van der Waals surface area contributed by atoms with Crippen molar-refractivity contribution in [2.75, 3.05) is 13.1 Å². The molecule has 0 fully saturated rings. The topological polar surface area (TPSA) is 64.9 Å². The zero-order valence-corrected chi connectivity index (χ0v) is 8.26. The Morgan fingerprint density at radius 3 is 2.85 bits per heavy atom. The molecule has 2 N–H and O–H groups in total. The van der Waals surface area contributed by atoms with E-state index in [1.807, 2.05) is 13.0 Å². The van der Waals surface area contributed by atoms with Crippen LogP contribution in [0, 0.1) is 11.3 Å². The highest BCUT2D eigenvalue weighted by atomic mass is 16.1. The smallest absolute Gasteiger partial charge is 0.234 e. The molecular weight excluding hydrogens is 166 g/mol. The average Bonchev–Trinajstić information content (AvgIpc) is 2.12. The summed E-state index contributed by atoms with van der Waals surface area (Å²) in [7, 11) is 0. The number of rotatable bonds is 6. The highest BCUT2D eigenvalue weighted by Gasteiger charge is 2.03. The fourth-order valence-electron chi connectivity index (χ4n) is 1.00. The SMILES string of the molecule is CCCC(C)NCC(=O)NCC#N. The minimum absolute atomic E-state index is 0.0860. The summed E-state index contributed by atoms with van der Waals surface area (Å²) in [5.41, 5.74) is 0. The molecule has 0 saturated carbocycles. The average molecular weight is 183 g/mol. The number of hydrogen-bond donors (Lipinski definition) is 2. The molecule has 0 aliphatic carbocycles. The zero-order chi connectivity index (χ0) is 10.1. The zero-order valence-electron chi connectivity index (χ0n) is 8.26. The molecule has 0 saturated heterocycles. The van der Waals surface area contributed by atoms with E-state index in [1.165, 1.54) is 0 Å². The third kappa shape index (κ3) is 7.29. The van der Waals surface area contributed by atoms with Crippen LogP contribution in [0.3, 0.4) is 0 Å². The van der Waals surface area contributed by atoms with Crippen LogP contribution in [0.5, 0.6) is 0 Å². The van der Waals surface area contributed by atoms with E-state index in [-0.39, 0.29) is 12.5 Å². The molecule has 4 heteroatoms. The third-order valence-corrected chi connectivity index (χ3v) is 1.70. The number of hydrogen-bond acceptors (Lipinski definition) is 3. The van der Waals surface area contributed by atoms with Crippen molar-refractivity contribution in [2.24, 2.45) is 0 Å². The largest absolute Gasteiger partial charge is 0.342 e. The van der Waals surface area contributed by atoms with Crippen molar-refractivity contribution in [3.05, 3.63) is 0 Å². The Morgan fingerprint density at radius 1 is 1.62 bits per heavy atom. The molecule has 0 aromatic heterocycles. The summed E-state index contributed by atoms with van der Waals surface area (Å²) >= 11 is 0. The maximum absolute atomic E-state index is 11.0. The minimum Gasteiger partial charge on any atom is -0.342 e. The molecule has 1 unspecified atom stereocenters. The van der Waals surface area contributed by atoms with Crippen LogP contribution >= 0.6 is 0 Å². The molecule has 0 rings (SSSR count). The molecule has 4 nitrogen and oxygen atoms in total. The Hall–Kier alpha value is -1.08. The van der Waals surface area contributed by atoms with E-state index in [2.05, 4.69) is 17.6 Å². The maximum atomic E-state index is 11.0. The van der Waals surface area contributed by atoms with Gasteiger partial charge >= 0.3 is 0 Å². The van der Waals surface area contributed by atoms with Crippen LogP contribution in [0.15, 0.2) is 0 Å². The van der Waals surface area contributed by atoms with Gasteiger partial charge in [0.2, 0.25) is 5.91 Å². The molecule has 0 aliphatic rings. The highest BCUT2D eigenvalue weighted by Crippen LogP contribution is 1.93. The van der Waals surface area contributed by atoms with E-state index < -0.39 is 0 Å². The van der Waals surface area contributed by atoms with Crippen molar-refractivity contribution in [3.8, 4) is 6.07 Å². The van der Waals surface area contributed by atoms with Crippen LogP contribution in [-0.2, 0) is 4.79 Å². The molecule has 74 valence electrons. The lowest BCUT2D eigenvalue weighted by Crippen LogP contribution is -2.38. The summed E-state index contributed by atoms with van der Waals surface area (Å²) < 4.78 is 0. The van der Waals surface area contributed by atoms with Gasteiger partial charge in [0.1, 0.15) is 6.54 Å². The van der Waals surface area contributed by atoms with E-state index in [0.717, 1.165) is 12.8 Å². The molecule has 0 aliphatic heterocycles. The standard InChI is InChI=1S/C9H17N3O/c1-3-4-8(2)12-7-9(13)11-6-5-10/h8,12H,3-4,6-7H2,1-2H3,(H,11,13). The lowest BCUT2D eigenvalue weighted by Gasteiger charge is -2.11. The van der Waals surface area contributed by atoms with Crippen LogP contribution in [-0.4, -0.2) is 25.0 Å². The van der Waals surface area contributed by atoms with Crippen molar-refractivity contribution in [1.29, 1.82) is 5.26 Å². The van der Waals surface area contributed by atoms with Gasteiger partial charge in [-0.2, -0.15) is 5.26 Å². The van der Waals surface area contributed by atoms with Crippen LogP contribution in [0.25, 0.3) is 0 Å². The van der Waals surface area contributed by atoms with Crippen molar-refractivity contribution >= 4 is 5.91 Å². The van der Waals surface area contributed by atoms with Crippen LogP contribution in [0.4, 0.5) is 0 Å². The lowest BCUT2D eigenvalue weighted by atomic mass is 10.2. The molecule has 0 bridgehead atoms. The fraction of sp³-hybridized carbons (Fsp3) is 0.778. The first-order chi connectivity index (χ1) is 6.20. The molecule has 0 aromatic carbocycles. The first-order valence-electron chi connectivity index (χ1n) is 4.57. The van der Waals surface area contributed by atoms with E-state index in [9.17, 15) is 4.79 Å². The van der Waals surface area contributed by atoms with Crippen LogP contribution < -0.4 is 10.6 Å². The fourth-order valence-corrected chi connectivity index (χ4v) is 1.00. The third-order valence-electron chi connectivity index (χ3n) is 1.70. The molecule has 0 radical (unpaired) electrons. The first-order valence-corrected chi connectivity index (χ1v) is 4.57. The summed E-state index contributed by atoms with van der Waals surface area (Å²) in [6, 6.07) is 2.21. The van der Waals surface area contributed by atoms with E-state index in [4.69, 9.17) is 5.26 Å². The van der Waals surface area contributed by atoms with E-state index in [0.29, 0.717) is 12.6 Å². The van der Waals surface area contributed by atoms with E-state index in [1.54, 1.807) is 0 Å². The van der Waals surface area contributed by atoms with Crippen LogP contribution in [0.1, 0.15) is 26.7 Å². The quantitative estimate of drug-likeness (QED) is 0.586. The molecule has 0 spiro atoms. The second-order valence-electron chi connectivity index (χ2n) is 3.01. The number of nitrogens with zero attached hydrogens (tertiary/aromatic N) is 1. The summed E-state index contributed by atoms with van der Waals surface area (Å²) in [5, 5.41) is 13.7. The Morgan fingerprint density at radius 2 is 2.31 bits per heavy atom. The lowest BCUT2D eigenvalue weighted by molar-refractivity contribution is -0.120. The number of nitriles is 1. The van der Waals surface area contributed by atoms with Gasteiger partial charge in [0, 0.05) is 6.04 Å². The summed E-state index contributed by atoms with van der Waals surface area (Å²) in [6.45, 7) is 4.53. The predicted molar refractivity (Wildman–Crippen MR) is 51.0 cm³/mol. The van der Waals surface area contributed by atoms with Gasteiger partial charge in [0.15, 0.2) is 0 Å². The Bertz CT molecular complexity index is 186. The summed E-state index contributed by atoms with van der Waals surface area (Å²) in [4.78, 5) is 11.0. The van der Waals surface area contributed by atoms with Crippen molar-refractivity contribution in [1.82, 2.24) is 10.6 Å². The van der Waals surface area contributed by atoms with Crippen molar-refractivity contribution < 1.29 is 4.79 Å². The van der Waals surface area contributed by atoms with Gasteiger partial charge in [-0.15, -0.1) is 0 Å². The monoisotopic (exact) mass is 183 g/mol. The first kappa shape index (κ1) is 11.9. The number of amides is 1. The second-order valence-corrected chi connectivity index (χ2v) is 3.01. The molecule has 1 atom stereocenters. The minimum atomic E-state index is -0.121. The summed E-state index contributed by atoms with van der Waals surface area (Å²) in [6.07, 6.45) is 2.17. The van der Waals surface area contributed by atoms with Crippen LogP contribution in [0.2, 0.25) is 0 Å². The van der Waals surface area contributed by atoms with Gasteiger partial charge in [-0.25, -0.2) is 0 Å². The Kier molecular flexibility index (Phi) is 6.93. The molecule has 13 heavy (non-hydrogen) atoms. The number of carbonyl (C=O) groups is 1. The Labute approximate surface area is 79.3 Å². The van der Waals surface area contributed by atoms with Crippen molar-refractivity contribution in [2.45, 2.75) is 32.7 Å². The van der Waals surface area contributed by atoms with Crippen molar-refractivity contribution in [3.63, 3.8) is 0 Å². The predicted octanol–water partition coefficient (Wildman–Crippen LogP) is 0.404. The molecule has 1 amide bonds. The maximum Gasteiger partial charge on any atom is 0.234 e. The normalized spacial score (nSPS) is 11.8. The number of carbonyl (C=O) groups excluding carboxylic acids is 1. The van der Waals surface area contributed by atoms with Gasteiger partial charge in [-0.1, -0.05) is 13.3 Å². The van der Waals surface area contributed by atoms with E-state index >= 15 is 0 Å². The highest BCUT2D eigenvalue weighted by molar-refractivity contribution is 5.78. The molecular formula is C9H17N3O. The second kappa shape index (κ2) is 7.56. The van der Waals surface area contributed by atoms with Gasteiger partial charge in [0.25, 0.3) is 0 Å². The van der Waals surface area contributed by atoms with Gasteiger partial charge < -0.3 is 10.6 Å². The molecule has 0 heterocycles. The Balaban J connectivity index is 3.41. The number of nitrogens with one attached hydrogen (secondary N) is 2. The van der Waals surface area contributed by atoms with Gasteiger partial charge in [0.05, 0.1) is 12.6 Å².